The SMILES string of the molecule is CNS(=O)(=O)c1cccc(-c2c(F)cc(C(=N)C(C)NN=C(N)N)cc2C(F)(F)F)c1. The number of nitrogens with one attached hydrogen (secondary N) is 3. The molecular formula is C18H20F4N6O2S. The van der Waals surface area contributed by atoms with Gasteiger partial charge in [0.15, 0.2) is 0 Å². The average Bonchev–Trinajstić information content (AvgIpc) is 2.70. The molecule has 0 amide bonds. The van der Waals surface area contributed by atoms with E-state index >= 15 is 0 Å². The molecule has 0 aromatic heterocycles. The molecule has 8 nitrogen and oxygen atoms in total. The monoisotopic (exact) mass is 460 g/mol. The van der Waals surface area contributed by atoms with Gasteiger partial charge in [0.1, 0.15) is 5.82 Å². The number of halogens is 4. The Hall–Kier alpha value is -3.19. The largest absolute Gasteiger partial charge is 0.417 e. The molecule has 0 saturated heterocycles. The van der Waals surface area contributed by atoms with Crippen LogP contribution in [-0.4, -0.2) is 33.2 Å². The van der Waals surface area contributed by atoms with Crippen LogP contribution in [0.1, 0.15) is 18.1 Å². The zero-order valence-corrected chi connectivity index (χ0v) is 17.2. The van der Waals surface area contributed by atoms with Gasteiger partial charge in [-0.3, -0.25) is 5.43 Å². The van der Waals surface area contributed by atoms with Crippen molar-refractivity contribution in [3.8, 4) is 11.1 Å². The number of hydrazone groups is 1. The molecule has 31 heavy (non-hydrogen) atoms. The highest BCUT2D eigenvalue weighted by Crippen LogP contribution is 2.40. The van der Waals surface area contributed by atoms with E-state index in [9.17, 15) is 26.0 Å². The maximum Gasteiger partial charge on any atom is 0.417 e. The topological polar surface area (TPSA) is 146 Å². The van der Waals surface area contributed by atoms with Crippen molar-refractivity contribution in [3.05, 3.63) is 53.3 Å². The number of rotatable bonds is 7. The molecule has 1 atom stereocenters. The predicted molar refractivity (Wildman–Crippen MR) is 108 cm³/mol. The van der Waals surface area contributed by atoms with Gasteiger partial charge in [0, 0.05) is 11.1 Å². The summed E-state index contributed by atoms with van der Waals surface area (Å²) in [4.78, 5) is -0.327. The zero-order valence-electron chi connectivity index (χ0n) is 16.4. The third kappa shape index (κ3) is 5.49. The van der Waals surface area contributed by atoms with Gasteiger partial charge in [0.2, 0.25) is 16.0 Å². The molecule has 168 valence electrons. The first-order valence-electron chi connectivity index (χ1n) is 8.65. The molecule has 2 aromatic carbocycles. The van der Waals surface area contributed by atoms with Gasteiger partial charge in [-0.25, -0.2) is 17.5 Å². The molecule has 0 saturated carbocycles. The smallest absolute Gasteiger partial charge is 0.369 e. The second kappa shape index (κ2) is 8.89. The summed E-state index contributed by atoms with van der Waals surface area (Å²) in [6.07, 6.45) is -4.99. The number of hydrogen-bond donors (Lipinski definition) is 5. The van der Waals surface area contributed by atoms with Gasteiger partial charge in [-0.1, -0.05) is 12.1 Å². The van der Waals surface area contributed by atoms with Gasteiger partial charge < -0.3 is 16.9 Å². The quantitative estimate of drug-likeness (QED) is 0.186. The van der Waals surface area contributed by atoms with Crippen molar-refractivity contribution in [3.63, 3.8) is 0 Å². The summed E-state index contributed by atoms with van der Waals surface area (Å²) in [7, 11) is -2.82. The van der Waals surface area contributed by atoms with Crippen LogP contribution in [0, 0.1) is 11.2 Å². The number of guanidine groups is 1. The zero-order chi connectivity index (χ0) is 23.6. The van der Waals surface area contributed by atoms with Crippen LogP contribution in [-0.2, 0) is 16.2 Å². The predicted octanol–water partition coefficient (Wildman–Crippen LogP) is 1.95. The van der Waals surface area contributed by atoms with Crippen molar-refractivity contribution < 1.29 is 26.0 Å². The second-order valence-electron chi connectivity index (χ2n) is 6.41. The van der Waals surface area contributed by atoms with E-state index in [0.717, 1.165) is 25.2 Å². The van der Waals surface area contributed by atoms with E-state index in [0.29, 0.717) is 6.07 Å². The van der Waals surface area contributed by atoms with E-state index < -0.39 is 44.9 Å². The van der Waals surface area contributed by atoms with Crippen LogP contribution in [0.25, 0.3) is 11.1 Å². The van der Waals surface area contributed by atoms with Crippen molar-refractivity contribution in [2.45, 2.75) is 24.0 Å². The van der Waals surface area contributed by atoms with Crippen LogP contribution in [0.5, 0.6) is 0 Å². The second-order valence-corrected chi connectivity index (χ2v) is 8.30. The van der Waals surface area contributed by atoms with Crippen molar-refractivity contribution in [1.29, 1.82) is 5.41 Å². The highest BCUT2D eigenvalue weighted by Gasteiger charge is 2.36. The van der Waals surface area contributed by atoms with Crippen LogP contribution >= 0.6 is 0 Å². The summed E-state index contributed by atoms with van der Waals surface area (Å²) in [5, 5.41) is 11.5. The number of hydrogen-bond acceptors (Lipinski definition) is 5. The lowest BCUT2D eigenvalue weighted by molar-refractivity contribution is -0.137. The molecule has 0 aliphatic carbocycles. The lowest BCUT2D eigenvalue weighted by Gasteiger charge is -2.19. The number of sulfonamides is 1. The minimum absolute atomic E-state index is 0.286. The Labute approximate surface area is 175 Å². The van der Waals surface area contributed by atoms with E-state index in [2.05, 4.69) is 10.5 Å². The van der Waals surface area contributed by atoms with Gasteiger partial charge in [0.25, 0.3) is 0 Å². The summed E-state index contributed by atoms with van der Waals surface area (Å²) < 4.78 is 82.3. The first-order valence-corrected chi connectivity index (χ1v) is 10.1. The van der Waals surface area contributed by atoms with Gasteiger partial charge >= 0.3 is 6.18 Å². The van der Waals surface area contributed by atoms with E-state index in [1.807, 2.05) is 4.72 Å². The summed E-state index contributed by atoms with van der Waals surface area (Å²) in [6, 6.07) is 4.92. The maximum atomic E-state index is 14.9. The van der Waals surface area contributed by atoms with Crippen molar-refractivity contribution in [1.82, 2.24) is 10.1 Å². The first kappa shape index (κ1) is 24.1. The van der Waals surface area contributed by atoms with Crippen LogP contribution < -0.4 is 21.6 Å². The lowest BCUT2D eigenvalue weighted by atomic mass is 9.93. The van der Waals surface area contributed by atoms with Crippen LogP contribution in [0.15, 0.2) is 46.4 Å². The van der Waals surface area contributed by atoms with Crippen LogP contribution in [0.3, 0.4) is 0 Å². The van der Waals surface area contributed by atoms with Crippen LogP contribution in [0.2, 0.25) is 0 Å². The summed E-state index contributed by atoms with van der Waals surface area (Å²) >= 11 is 0. The molecule has 0 heterocycles. The normalized spacial score (nSPS) is 12.8. The highest BCUT2D eigenvalue weighted by atomic mass is 32.2. The fourth-order valence-electron chi connectivity index (χ4n) is 2.70. The minimum Gasteiger partial charge on any atom is -0.369 e. The summed E-state index contributed by atoms with van der Waals surface area (Å²) in [5.74, 6) is -1.63. The summed E-state index contributed by atoms with van der Waals surface area (Å²) in [6.45, 7) is 1.40. The molecule has 0 fully saturated rings. The molecule has 0 aliphatic heterocycles. The van der Waals surface area contributed by atoms with E-state index in [4.69, 9.17) is 16.9 Å². The number of benzene rings is 2. The number of nitrogens with two attached hydrogens (primary N) is 2. The maximum absolute atomic E-state index is 14.9. The Kier molecular flexibility index (Phi) is 6.91. The standard InChI is InChI=1S/C18H20F4N6O2S/c1-9(27-28-17(24)25)16(23)11-7-13(18(20,21)22)15(14(19)8-11)10-4-3-5-12(6-10)31(29,30)26-2/h3-9,23,26-27H,1-2H3,(H4,24,25,28). The molecule has 13 heteroatoms. The Bertz CT molecular complexity index is 1130. The van der Waals surface area contributed by atoms with Crippen molar-refractivity contribution >= 4 is 21.7 Å². The Morgan fingerprint density at radius 3 is 2.39 bits per heavy atom. The Morgan fingerprint density at radius 2 is 1.84 bits per heavy atom. The van der Waals surface area contributed by atoms with Gasteiger partial charge in [-0.15, -0.1) is 5.10 Å². The summed E-state index contributed by atoms with van der Waals surface area (Å²) in [5.41, 5.74) is 9.47. The average molecular weight is 460 g/mol. The molecule has 0 radical (unpaired) electrons. The fraction of sp³-hybridized carbons (Fsp3) is 0.222. The Morgan fingerprint density at radius 1 is 1.19 bits per heavy atom. The number of nitrogens with zero attached hydrogens (tertiary/aromatic N) is 1. The van der Waals surface area contributed by atoms with E-state index in [-0.39, 0.29) is 22.0 Å². The Balaban J connectivity index is 2.65. The number of alkyl halides is 3. The lowest BCUT2D eigenvalue weighted by Crippen LogP contribution is -2.35. The molecule has 0 spiro atoms. The molecule has 0 bridgehead atoms. The van der Waals surface area contributed by atoms with Crippen molar-refractivity contribution in [2.75, 3.05) is 7.05 Å². The highest BCUT2D eigenvalue weighted by molar-refractivity contribution is 7.89. The third-order valence-corrected chi connectivity index (χ3v) is 5.64. The molecule has 2 aromatic rings. The molecule has 2 rings (SSSR count). The van der Waals surface area contributed by atoms with E-state index in [1.54, 1.807) is 0 Å². The molecule has 1 unspecified atom stereocenters. The van der Waals surface area contributed by atoms with Gasteiger partial charge in [0.05, 0.1) is 22.2 Å². The first-order chi connectivity index (χ1) is 14.3. The third-order valence-electron chi connectivity index (χ3n) is 4.23. The molecule has 7 N–H and O–H groups in total. The van der Waals surface area contributed by atoms with E-state index in [1.165, 1.54) is 19.1 Å². The van der Waals surface area contributed by atoms with Gasteiger partial charge in [-0.2, -0.15) is 13.2 Å². The minimum atomic E-state index is -4.99. The van der Waals surface area contributed by atoms with Crippen LogP contribution in [0.4, 0.5) is 17.6 Å². The van der Waals surface area contributed by atoms with Gasteiger partial charge in [-0.05, 0) is 43.8 Å². The fourth-order valence-corrected chi connectivity index (χ4v) is 3.48. The van der Waals surface area contributed by atoms with Crippen molar-refractivity contribution in [2.24, 2.45) is 16.6 Å². The molecule has 0 aliphatic rings. The molecular weight excluding hydrogens is 440 g/mol.